The molecular weight excluding hydrogens is 412 g/mol. The second-order valence-corrected chi connectivity index (χ2v) is 6.97. The topological polar surface area (TPSA) is 98.1 Å². The number of amides is 4. The van der Waals surface area contributed by atoms with Crippen molar-refractivity contribution in [3.63, 3.8) is 0 Å². The number of hydrogen-bond donors (Lipinski definition) is 1. The fraction of sp³-hybridized carbons (Fsp3) is 0.125. The molecule has 0 aliphatic carbocycles. The molecule has 4 amide bonds. The van der Waals surface area contributed by atoms with Gasteiger partial charge in [-0.3, -0.25) is 19.8 Å². The molecule has 4 rings (SSSR count). The quantitative estimate of drug-likeness (QED) is 0.453. The van der Waals surface area contributed by atoms with Gasteiger partial charge in [-0.2, -0.15) is 0 Å². The van der Waals surface area contributed by atoms with Crippen molar-refractivity contribution in [1.82, 2.24) is 10.2 Å². The van der Waals surface area contributed by atoms with Crippen LogP contribution in [0.3, 0.4) is 0 Å². The van der Waals surface area contributed by atoms with E-state index in [1.165, 1.54) is 19.4 Å². The van der Waals surface area contributed by atoms with E-state index < -0.39 is 17.8 Å². The lowest BCUT2D eigenvalue weighted by atomic mass is 10.1. The smallest absolute Gasteiger partial charge is 0.331 e. The van der Waals surface area contributed by atoms with Crippen LogP contribution in [-0.4, -0.2) is 29.9 Å². The number of methoxy groups -OCH3 is 1. The molecule has 0 saturated carbocycles. The van der Waals surface area contributed by atoms with Gasteiger partial charge in [0.2, 0.25) is 0 Å². The van der Waals surface area contributed by atoms with E-state index in [2.05, 4.69) is 5.32 Å². The van der Waals surface area contributed by atoms with Crippen LogP contribution in [0.5, 0.6) is 11.5 Å². The largest absolute Gasteiger partial charge is 0.493 e. The second-order valence-electron chi connectivity index (χ2n) is 6.97. The number of carbonyl (C=O) groups excluding carboxylic acids is 3. The Hall–Kier alpha value is -4.33. The number of urea groups is 1. The molecule has 1 saturated heterocycles. The third kappa shape index (κ3) is 4.54. The summed E-state index contributed by atoms with van der Waals surface area (Å²) in [4.78, 5) is 38.3. The lowest BCUT2D eigenvalue weighted by Crippen LogP contribution is -2.53. The van der Waals surface area contributed by atoms with Gasteiger partial charge in [0.25, 0.3) is 11.8 Å². The fourth-order valence-corrected chi connectivity index (χ4v) is 3.19. The Labute approximate surface area is 184 Å². The first-order valence-corrected chi connectivity index (χ1v) is 9.81. The van der Waals surface area contributed by atoms with Crippen molar-refractivity contribution in [2.24, 2.45) is 0 Å². The fourth-order valence-electron chi connectivity index (χ4n) is 3.19. The predicted octanol–water partition coefficient (Wildman–Crippen LogP) is 3.53. The van der Waals surface area contributed by atoms with Crippen molar-refractivity contribution in [2.75, 3.05) is 7.11 Å². The normalized spacial score (nSPS) is 15.1. The molecule has 2 heterocycles. The van der Waals surface area contributed by atoms with Gasteiger partial charge in [0.1, 0.15) is 17.9 Å². The second kappa shape index (κ2) is 9.22. The van der Waals surface area contributed by atoms with Crippen LogP contribution in [0, 0.1) is 0 Å². The molecule has 0 spiro atoms. The minimum atomic E-state index is -0.796. The predicted molar refractivity (Wildman–Crippen MR) is 115 cm³/mol. The molecule has 1 aliphatic rings. The molecule has 32 heavy (non-hydrogen) atoms. The summed E-state index contributed by atoms with van der Waals surface area (Å²) in [5.41, 5.74) is 1.35. The first-order chi connectivity index (χ1) is 15.5. The van der Waals surface area contributed by atoms with E-state index >= 15 is 0 Å². The van der Waals surface area contributed by atoms with Gasteiger partial charge < -0.3 is 13.9 Å². The number of nitrogens with one attached hydrogen (secondary N) is 1. The minimum absolute atomic E-state index is 0.0870. The third-order valence-corrected chi connectivity index (χ3v) is 4.82. The Bertz CT molecular complexity index is 1170. The maximum atomic E-state index is 12.9. The summed E-state index contributed by atoms with van der Waals surface area (Å²) in [5.74, 6) is -0.0887. The van der Waals surface area contributed by atoms with E-state index in [9.17, 15) is 14.4 Å². The summed E-state index contributed by atoms with van der Waals surface area (Å²) < 4.78 is 16.5. The van der Waals surface area contributed by atoms with Crippen LogP contribution in [0.1, 0.15) is 16.9 Å². The molecule has 0 atom stereocenters. The number of furan rings is 1. The van der Waals surface area contributed by atoms with E-state index in [1.54, 1.807) is 30.3 Å². The van der Waals surface area contributed by atoms with E-state index in [-0.39, 0.29) is 12.1 Å². The number of rotatable bonds is 7. The van der Waals surface area contributed by atoms with Gasteiger partial charge in [-0.1, -0.05) is 36.4 Å². The molecule has 0 bridgehead atoms. The van der Waals surface area contributed by atoms with Gasteiger partial charge in [0, 0.05) is 0 Å². The van der Waals surface area contributed by atoms with Crippen molar-refractivity contribution >= 4 is 23.9 Å². The zero-order valence-corrected chi connectivity index (χ0v) is 17.2. The monoisotopic (exact) mass is 432 g/mol. The number of hydrogen-bond acceptors (Lipinski definition) is 6. The maximum absolute atomic E-state index is 12.9. The Morgan fingerprint density at radius 3 is 2.53 bits per heavy atom. The number of nitrogens with zero attached hydrogens (tertiary/aromatic N) is 1. The van der Waals surface area contributed by atoms with Crippen molar-refractivity contribution < 1.29 is 28.3 Å². The minimum Gasteiger partial charge on any atom is -0.493 e. The Morgan fingerprint density at radius 2 is 1.81 bits per heavy atom. The van der Waals surface area contributed by atoms with Crippen LogP contribution in [0.4, 0.5) is 4.79 Å². The van der Waals surface area contributed by atoms with Crippen LogP contribution in [-0.2, 0) is 22.7 Å². The van der Waals surface area contributed by atoms with E-state index in [0.717, 1.165) is 10.5 Å². The number of benzene rings is 2. The molecule has 0 unspecified atom stereocenters. The van der Waals surface area contributed by atoms with E-state index in [1.807, 2.05) is 30.3 Å². The summed E-state index contributed by atoms with van der Waals surface area (Å²) in [7, 11) is 1.53. The highest BCUT2D eigenvalue weighted by atomic mass is 16.5. The van der Waals surface area contributed by atoms with Gasteiger partial charge >= 0.3 is 6.03 Å². The van der Waals surface area contributed by atoms with Crippen molar-refractivity contribution in [1.29, 1.82) is 0 Å². The summed E-state index contributed by atoms with van der Waals surface area (Å²) in [5, 5.41) is 2.19. The number of carbonyl (C=O) groups is 3. The van der Waals surface area contributed by atoms with Gasteiger partial charge in [-0.25, -0.2) is 4.79 Å². The average Bonchev–Trinajstić information content (AvgIpc) is 3.32. The molecule has 8 nitrogen and oxygen atoms in total. The van der Waals surface area contributed by atoms with Crippen molar-refractivity contribution in [2.45, 2.75) is 13.2 Å². The number of imide groups is 2. The SMILES string of the molecule is COc1ccc(C=C2C(=O)NC(=O)N(Cc3ccco3)C2=O)cc1OCc1ccccc1. The number of ether oxygens (including phenoxy) is 2. The lowest BCUT2D eigenvalue weighted by molar-refractivity contribution is -0.130. The third-order valence-electron chi connectivity index (χ3n) is 4.82. The molecule has 1 fully saturated rings. The molecule has 1 aliphatic heterocycles. The molecule has 1 N–H and O–H groups in total. The zero-order chi connectivity index (χ0) is 22.5. The summed E-state index contributed by atoms with van der Waals surface area (Å²) in [6, 6.07) is 17.2. The van der Waals surface area contributed by atoms with Gasteiger partial charge in [-0.15, -0.1) is 0 Å². The molecule has 1 aromatic heterocycles. The van der Waals surface area contributed by atoms with Gasteiger partial charge in [0.05, 0.1) is 19.9 Å². The summed E-state index contributed by atoms with van der Waals surface area (Å²) >= 11 is 0. The molecule has 2 aromatic carbocycles. The molecule has 0 radical (unpaired) electrons. The molecular formula is C24H20N2O6. The summed E-state index contributed by atoms with van der Waals surface area (Å²) in [6.07, 6.45) is 2.85. The highest BCUT2D eigenvalue weighted by Crippen LogP contribution is 2.30. The lowest BCUT2D eigenvalue weighted by Gasteiger charge is -2.25. The number of barbiturate groups is 1. The average molecular weight is 432 g/mol. The van der Waals surface area contributed by atoms with Crippen LogP contribution < -0.4 is 14.8 Å². The van der Waals surface area contributed by atoms with Crippen molar-refractivity contribution in [3.05, 3.63) is 89.4 Å². The first-order valence-electron chi connectivity index (χ1n) is 9.81. The van der Waals surface area contributed by atoms with Crippen LogP contribution in [0.15, 0.2) is 76.9 Å². The van der Waals surface area contributed by atoms with Crippen molar-refractivity contribution in [3.8, 4) is 11.5 Å². The zero-order valence-electron chi connectivity index (χ0n) is 17.2. The molecule has 162 valence electrons. The summed E-state index contributed by atoms with van der Waals surface area (Å²) in [6.45, 7) is 0.235. The van der Waals surface area contributed by atoms with Gasteiger partial charge in [0.15, 0.2) is 11.5 Å². The molecule has 8 heteroatoms. The highest BCUT2D eigenvalue weighted by Gasteiger charge is 2.36. The Morgan fingerprint density at radius 1 is 1.00 bits per heavy atom. The van der Waals surface area contributed by atoms with Gasteiger partial charge in [-0.05, 0) is 41.5 Å². The molecule has 3 aromatic rings. The Balaban J connectivity index is 1.59. The van der Waals surface area contributed by atoms with Crippen LogP contribution in [0.2, 0.25) is 0 Å². The standard InChI is InChI=1S/C24H20N2O6/c1-30-20-10-9-17(13-21(20)32-15-16-6-3-2-4-7-16)12-19-22(27)25-24(29)26(23(19)28)14-18-8-5-11-31-18/h2-13H,14-15H2,1H3,(H,25,27,29). The van der Waals surface area contributed by atoms with E-state index in [4.69, 9.17) is 13.9 Å². The first kappa shape index (κ1) is 20.9. The highest BCUT2D eigenvalue weighted by molar-refractivity contribution is 6.30. The Kier molecular flexibility index (Phi) is 6.03. The van der Waals surface area contributed by atoms with Crippen LogP contribution in [0.25, 0.3) is 6.08 Å². The van der Waals surface area contributed by atoms with Crippen LogP contribution >= 0.6 is 0 Å². The maximum Gasteiger partial charge on any atom is 0.331 e. The van der Waals surface area contributed by atoms with E-state index in [0.29, 0.717) is 29.4 Å².